The van der Waals surface area contributed by atoms with E-state index in [1.807, 2.05) is 0 Å². The molecule has 68 valence electrons. The molecule has 8 nitrogen and oxygen atoms in total. The number of hydrogen-bond donors (Lipinski definition) is 6. The molecule has 0 unspecified atom stereocenters. The lowest BCUT2D eigenvalue weighted by molar-refractivity contribution is 0.381. The quantitative estimate of drug-likeness (QED) is 0.151. The van der Waals surface area contributed by atoms with Gasteiger partial charge in [0.2, 0.25) is 0 Å². The van der Waals surface area contributed by atoms with E-state index < -0.39 is 10.4 Å². The van der Waals surface area contributed by atoms with Gasteiger partial charge in [0.05, 0.1) is 12.7 Å². The summed E-state index contributed by atoms with van der Waals surface area (Å²) in [4.78, 5) is 0. The molecular weight excluding hydrogens is 176 g/mol. The second kappa shape index (κ2) is 11.6. The number of hydrogen-bond acceptors (Lipinski definition) is 4. The third-order valence-corrected chi connectivity index (χ3v) is 0. The van der Waals surface area contributed by atoms with Gasteiger partial charge in [0.15, 0.2) is 0 Å². The van der Waals surface area contributed by atoms with Crippen LogP contribution in [0.2, 0.25) is 0 Å². The Morgan fingerprint density at radius 2 is 1.09 bits per heavy atom. The van der Waals surface area contributed by atoms with Crippen molar-refractivity contribution in [2.75, 3.05) is 0 Å². The largest absolute Gasteiger partial charge is 0.394 e. The highest BCUT2D eigenvalue weighted by Gasteiger charge is 1.84. The smallest absolute Gasteiger partial charge is 0.390 e. The zero-order valence-corrected chi connectivity index (χ0v) is 6.25. The lowest BCUT2D eigenvalue weighted by Gasteiger charge is -1.68. The Morgan fingerprint density at radius 1 is 1.09 bits per heavy atom. The first kappa shape index (κ1) is 16.4. The maximum Gasteiger partial charge on any atom is 0.394 e. The molecule has 0 aromatic carbocycles. The van der Waals surface area contributed by atoms with Crippen LogP contribution in [0, 0.1) is 10.8 Å². The minimum atomic E-state index is -4.67. The Hall–Kier alpha value is -1.19. The molecule has 0 fully saturated rings. The first-order chi connectivity index (χ1) is 4.83. The highest BCUT2D eigenvalue weighted by atomic mass is 32.3. The van der Waals surface area contributed by atoms with Crippen LogP contribution >= 0.6 is 0 Å². The molecular formula is C2H10N4O4S. The van der Waals surface area contributed by atoms with E-state index in [9.17, 15) is 0 Å². The van der Waals surface area contributed by atoms with E-state index in [2.05, 4.69) is 11.5 Å². The van der Waals surface area contributed by atoms with Gasteiger partial charge in [-0.05, 0) is 0 Å². The van der Waals surface area contributed by atoms with Crippen LogP contribution in [0.3, 0.4) is 0 Å². The standard InChI is InChI=1S/2CH4N2.H2O4S/c2*2-1-3;1-5(2,3)4/h2*1H,(H3,2,3);(H2,1,2,3,4). The number of rotatable bonds is 0. The van der Waals surface area contributed by atoms with Crippen LogP contribution in [0.25, 0.3) is 0 Å². The van der Waals surface area contributed by atoms with Crippen LogP contribution in [0.5, 0.6) is 0 Å². The Kier molecular flexibility index (Phi) is 17.3. The molecule has 0 atom stereocenters. The van der Waals surface area contributed by atoms with Gasteiger partial charge in [0.1, 0.15) is 0 Å². The van der Waals surface area contributed by atoms with Crippen molar-refractivity contribution < 1.29 is 17.5 Å². The molecule has 11 heavy (non-hydrogen) atoms. The Bertz CT molecular complexity index is 161. The monoisotopic (exact) mass is 186 g/mol. The summed E-state index contributed by atoms with van der Waals surface area (Å²) in [5.41, 5.74) is 8.78. The normalized spacial score (nSPS) is 7.45. The van der Waals surface area contributed by atoms with Crippen LogP contribution < -0.4 is 11.5 Å². The fourth-order valence-corrected chi connectivity index (χ4v) is 0. The van der Waals surface area contributed by atoms with Gasteiger partial charge in [-0.1, -0.05) is 0 Å². The van der Waals surface area contributed by atoms with E-state index in [0.717, 1.165) is 12.7 Å². The lowest BCUT2D eigenvalue weighted by atomic mass is 11.4. The van der Waals surface area contributed by atoms with Crippen molar-refractivity contribution in [3.8, 4) is 0 Å². The molecule has 0 aliphatic rings. The third-order valence-electron chi connectivity index (χ3n) is 0. The molecule has 0 aromatic rings. The number of nitrogens with one attached hydrogen (secondary N) is 2. The predicted molar refractivity (Wildman–Crippen MR) is 40.1 cm³/mol. The van der Waals surface area contributed by atoms with Gasteiger partial charge in [0, 0.05) is 0 Å². The zero-order valence-electron chi connectivity index (χ0n) is 5.43. The molecule has 9 heteroatoms. The molecule has 0 aromatic heterocycles. The van der Waals surface area contributed by atoms with Crippen LogP contribution in [0.15, 0.2) is 0 Å². The molecule has 0 rings (SSSR count). The maximum atomic E-state index is 8.74. The van der Waals surface area contributed by atoms with Crippen molar-refractivity contribution in [1.29, 1.82) is 10.8 Å². The second-order valence-corrected chi connectivity index (χ2v) is 1.68. The van der Waals surface area contributed by atoms with Crippen LogP contribution in [0.4, 0.5) is 0 Å². The Labute approximate surface area is 63.8 Å². The summed E-state index contributed by atoms with van der Waals surface area (Å²) in [5.74, 6) is 0. The molecule has 0 saturated heterocycles. The van der Waals surface area contributed by atoms with Crippen molar-refractivity contribution in [1.82, 2.24) is 0 Å². The minimum Gasteiger partial charge on any atom is -0.390 e. The molecule has 0 saturated carbocycles. The average Bonchev–Trinajstić information content (AvgIpc) is 1.62. The average molecular weight is 186 g/mol. The summed E-state index contributed by atoms with van der Waals surface area (Å²) in [7, 11) is -4.67. The van der Waals surface area contributed by atoms with Gasteiger partial charge < -0.3 is 11.5 Å². The molecule has 0 spiro atoms. The summed E-state index contributed by atoms with van der Waals surface area (Å²) < 4.78 is 31.6. The van der Waals surface area contributed by atoms with Gasteiger partial charge in [-0.3, -0.25) is 19.9 Å². The highest BCUT2D eigenvalue weighted by molar-refractivity contribution is 7.79. The fourth-order valence-electron chi connectivity index (χ4n) is 0. The van der Waals surface area contributed by atoms with Crippen molar-refractivity contribution in [2.24, 2.45) is 11.5 Å². The van der Waals surface area contributed by atoms with Crippen LogP contribution in [-0.2, 0) is 10.4 Å². The van der Waals surface area contributed by atoms with Gasteiger partial charge in [-0.25, -0.2) is 0 Å². The fraction of sp³-hybridized carbons (Fsp3) is 0. The predicted octanol–water partition coefficient (Wildman–Crippen LogP) is -1.55. The molecule has 0 aliphatic heterocycles. The van der Waals surface area contributed by atoms with E-state index in [4.69, 9.17) is 28.3 Å². The van der Waals surface area contributed by atoms with E-state index in [1.165, 1.54) is 0 Å². The summed E-state index contributed by atoms with van der Waals surface area (Å²) in [6.07, 6.45) is 1.50. The summed E-state index contributed by atoms with van der Waals surface area (Å²) >= 11 is 0. The maximum absolute atomic E-state index is 8.74. The summed E-state index contributed by atoms with van der Waals surface area (Å²) in [6.45, 7) is 0. The van der Waals surface area contributed by atoms with E-state index in [-0.39, 0.29) is 0 Å². The van der Waals surface area contributed by atoms with Gasteiger partial charge in [0.25, 0.3) is 0 Å². The second-order valence-electron chi connectivity index (χ2n) is 0.781. The topological polar surface area (TPSA) is 174 Å². The van der Waals surface area contributed by atoms with Gasteiger partial charge >= 0.3 is 10.4 Å². The molecule has 0 heterocycles. The third kappa shape index (κ3) is 289. The first-order valence-electron chi connectivity index (χ1n) is 1.94. The molecule has 0 amide bonds. The van der Waals surface area contributed by atoms with Gasteiger partial charge in [-0.15, -0.1) is 0 Å². The van der Waals surface area contributed by atoms with Crippen molar-refractivity contribution in [3.05, 3.63) is 0 Å². The van der Waals surface area contributed by atoms with E-state index in [1.54, 1.807) is 0 Å². The Balaban J connectivity index is -0.0000000933. The van der Waals surface area contributed by atoms with E-state index in [0.29, 0.717) is 0 Å². The Morgan fingerprint density at radius 3 is 1.09 bits per heavy atom. The minimum absolute atomic E-state index is 0.750. The van der Waals surface area contributed by atoms with Crippen molar-refractivity contribution >= 4 is 23.1 Å². The summed E-state index contributed by atoms with van der Waals surface area (Å²) in [5, 5.41) is 11.7. The first-order valence-corrected chi connectivity index (χ1v) is 3.34. The molecule has 0 bridgehead atoms. The number of nitrogens with two attached hydrogens (primary N) is 2. The zero-order chi connectivity index (χ0) is 9.91. The van der Waals surface area contributed by atoms with Crippen LogP contribution in [0.1, 0.15) is 0 Å². The summed E-state index contributed by atoms with van der Waals surface area (Å²) in [6, 6.07) is 0. The highest BCUT2D eigenvalue weighted by Crippen LogP contribution is 1.59. The van der Waals surface area contributed by atoms with Gasteiger partial charge in [-0.2, -0.15) is 8.42 Å². The van der Waals surface area contributed by atoms with Crippen LogP contribution in [-0.4, -0.2) is 30.2 Å². The molecule has 0 radical (unpaired) electrons. The lowest BCUT2D eigenvalue weighted by Crippen LogP contribution is -1.89. The SMILES string of the molecule is N=CN.N=CN.O=S(=O)(O)O. The van der Waals surface area contributed by atoms with Crippen molar-refractivity contribution in [2.45, 2.75) is 0 Å². The van der Waals surface area contributed by atoms with E-state index >= 15 is 0 Å². The molecule has 0 aliphatic carbocycles. The van der Waals surface area contributed by atoms with Crippen molar-refractivity contribution in [3.63, 3.8) is 0 Å². The molecule has 8 N–H and O–H groups in total.